The predicted octanol–water partition coefficient (Wildman–Crippen LogP) is 1.73. The first kappa shape index (κ1) is 13.9. The maximum atomic E-state index is 12.4. The first-order valence-corrected chi connectivity index (χ1v) is 6.85. The van der Waals surface area contributed by atoms with Gasteiger partial charge in [-0.1, -0.05) is 30.3 Å². The molecular formula is C16H15N5O. The smallest absolute Gasteiger partial charge is 0.253 e. The summed E-state index contributed by atoms with van der Waals surface area (Å²) in [6.45, 7) is 0. The van der Waals surface area contributed by atoms with Crippen molar-refractivity contribution in [1.29, 1.82) is 0 Å². The van der Waals surface area contributed by atoms with Crippen molar-refractivity contribution in [2.75, 3.05) is 0 Å². The molecule has 1 aromatic carbocycles. The number of hydrogen-bond donors (Lipinski definition) is 1. The number of hydrogen-bond acceptors (Lipinski definition) is 4. The van der Waals surface area contributed by atoms with Gasteiger partial charge in [-0.2, -0.15) is 10.2 Å². The number of imidazole rings is 1. The second-order valence-corrected chi connectivity index (χ2v) is 4.84. The number of carbonyl (C=O) groups is 1. The summed E-state index contributed by atoms with van der Waals surface area (Å²) in [5, 5.41) is 10.4. The van der Waals surface area contributed by atoms with E-state index in [-0.39, 0.29) is 11.9 Å². The van der Waals surface area contributed by atoms with Crippen LogP contribution in [0, 0.1) is 0 Å². The van der Waals surface area contributed by atoms with E-state index in [1.807, 2.05) is 48.1 Å². The van der Waals surface area contributed by atoms with Gasteiger partial charge in [0.2, 0.25) is 0 Å². The molecule has 3 rings (SSSR count). The summed E-state index contributed by atoms with van der Waals surface area (Å²) in [4.78, 5) is 16.8. The zero-order chi connectivity index (χ0) is 15.4. The van der Waals surface area contributed by atoms with Gasteiger partial charge in [-0.15, -0.1) is 0 Å². The molecule has 1 N–H and O–H groups in total. The molecule has 22 heavy (non-hydrogen) atoms. The summed E-state index contributed by atoms with van der Waals surface area (Å²) in [6, 6.07) is 11.0. The van der Waals surface area contributed by atoms with Crippen LogP contribution in [0.4, 0.5) is 0 Å². The van der Waals surface area contributed by atoms with Crippen LogP contribution >= 0.6 is 0 Å². The molecule has 1 amide bonds. The Kier molecular flexibility index (Phi) is 3.91. The maximum Gasteiger partial charge on any atom is 0.253 e. The van der Waals surface area contributed by atoms with Gasteiger partial charge < -0.3 is 9.88 Å². The predicted molar refractivity (Wildman–Crippen MR) is 81.0 cm³/mol. The lowest BCUT2D eigenvalue weighted by atomic mass is 10.1. The number of rotatable bonds is 4. The van der Waals surface area contributed by atoms with Crippen molar-refractivity contribution >= 4 is 5.91 Å². The highest BCUT2D eigenvalue weighted by Crippen LogP contribution is 2.20. The van der Waals surface area contributed by atoms with E-state index >= 15 is 0 Å². The highest BCUT2D eigenvalue weighted by molar-refractivity contribution is 5.94. The summed E-state index contributed by atoms with van der Waals surface area (Å²) in [7, 11) is 1.90. The molecule has 0 aliphatic heterocycles. The van der Waals surface area contributed by atoms with E-state index < -0.39 is 0 Å². The minimum atomic E-state index is -0.332. The summed E-state index contributed by atoms with van der Waals surface area (Å²) >= 11 is 0. The summed E-state index contributed by atoms with van der Waals surface area (Å²) in [6.07, 6.45) is 6.50. The summed E-state index contributed by atoms with van der Waals surface area (Å²) in [5.74, 6) is 0.549. The largest absolute Gasteiger partial charge is 0.338 e. The Hall–Kier alpha value is -3.02. The van der Waals surface area contributed by atoms with Crippen LogP contribution in [0.1, 0.15) is 27.8 Å². The number of nitrogens with zero attached hydrogens (tertiary/aromatic N) is 4. The van der Waals surface area contributed by atoms with Crippen molar-refractivity contribution in [2.45, 2.75) is 6.04 Å². The number of benzene rings is 1. The third kappa shape index (κ3) is 2.85. The average Bonchev–Trinajstić information content (AvgIpc) is 3.00. The monoisotopic (exact) mass is 293 g/mol. The molecule has 0 fully saturated rings. The van der Waals surface area contributed by atoms with E-state index in [0.29, 0.717) is 5.56 Å². The molecule has 0 bridgehead atoms. The Balaban J connectivity index is 1.93. The van der Waals surface area contributed by atoms with Crippen LogP contribution in [0.3, 0.4) is 0 Å². The van der Waals surface area contributed by atoms with E-state index in [2.05, 4.69) is 20.5 Å². The first-order valence-electron chi connectivity index (χ1n) is 6.85. The molecule has 0 aliphatic rings. The van der Waals surface area contributed by atoms with Gasteiger partial charge in [0.25, 0.3) is 5.91 Å². The molecule has 0 saturated heterocycles. The van der Waals surface area contributed by atoms with Gasteiger partial charge >= 0.3 is 0 Å². The van der Waals surface area contributed by atoms with Crippen LogP contribution in [-0.4, -0.2) is 25.7 Å². The van der Waals surface area contributed by atoms with Gasteiger partial charge in [-0.25, -0.2) is 4.98 Å². The minimum absolute atomic E-state index is 0.216. The van der Waals surface area contributed by atoms with Gasteiger partial charge in [-0.3, -0.25) is 4.79 Å². The molecule has 2 aromatic heterocycles. The fourth-order valence-corrected chi connectivity index (χ4v) is 2.24. The molecule has 6 heteroatoms. The Morgan fingerprint density at radius 1 is 1.14 bits per heavy atom. The van der Waals surface area contributed by atoms with Crippen molar-refractivity contribution < 1.29 is 4.79 Å². The fraction of sp³-hybridized carbons (Fsp3) is 0.125. The number of amides is 1. The van der Waals surface area contributed by atoms with E-state index in [1.54, 1.807) is 12.3 Å². The Morgan fingerprint density at radius 2 is 1.95 bits per heavy atom. The number of aryl methyl sites for hydroxylation is 1. The van der Waals surface area contributed by atoms with Gasteiger partial charge in [0.05, 0.1) is 18.0 Å². The molecule has 0 saturated carbocycles. The zero-order valence-corrected chi connectivity index (χ0v) is 12.0. The molecule has 110 valence electrons. The first-order chi connectivity index (χ1) is 10.8. The topological polar surface area (TPSA) is 72.7 Å². The van der Waals surface area contributed by atoms with Crippen molar-refractivity contribution in [3.8, 4) is 0 Å². The third-order valence-electron chi connectivity index (χ3n) is 3.37. The average molecular weight is 293 g/mol. The molecular weight excluding hydrogens is 278 g/mol. The van der Waals surface area contributed by atoms with Crippen LogP contribution in [0.25, 0.3) is 0 Å². The summed E-state index contributed by atoms with van der Waals surface area (Å²) in [5.41, 5.74) is 1.43. The number of carbonyl (C=O) groups excluding carboxylic acids is 1. The highest BCUT2D eigenvalue weighted by Gasteiger charge is 2.21. The van der Waals surface area contributed by atoms with Crippen LogP contribution < -0.4 is 5.32 Å². The van der Waals surface area contributed by atoms with Crippen molar-refractivity contribution in [1.82, 2.24) is 25.1 Å². The van der Waals surface area contributed by atoms with E-state index in [0.717, 1.165) is 11.4 Å². The standard InChI is InChI=1S/C16H15N5O/c1-21-10-9-17-15(21)14(12-5-3-2-4-6-12)20-16(22)13-7-8-18-19-11-13/h2-11,14H,1H3,(H,20,22). The molecule has 0 radical (unpaired) electrons. The molecule has 0 aliphatic carbocycles. The van der Waals surface area contributed by atoms with Gasteiger partial charge in [0, 0.05) is 19.4 Å². The van der Waals surface area contributed by atoms with E-state index in [9.17, 15) is 4.79 Å². The minimum Gasteiger partial charge on any atom is -0.338 e. The Morgan fingerprint density at radius 3 is 2.59 bits per heavy atom. The lowest BCUT2D eigenvalue weighted by Gasteiger charge is -2.19. The molecule has 2 heterocycles. The van der Waals surface area contributed by atoms with Crippen molar-refractivity contribution in [3.63, 3.8) is 0 Å². The van der Waals surface area contributed by atoms with E-state index in [1.165, 1.54) is 12.4 Å². The molecule has 1 atom stereocenters. The lowest BCUT2D eigenvalue weighted by molar-refractivity contribution is 0.0940. The van der Waals surface area contributed by atoms with Crippen LogP contribution in [0.15, 0.2) is 61.2 Å². The SMILES string of the molecule is Cn1ccnc1C(NC(=O)c1ccnnc1)c1ccccc1. The second kappa shape index (κ2) is 6.17. The molecule has 0 spiro atoms. The van der Waals surface area contributed by atoms with E-state index in [4.69, 9.17) is 0 Å². The van der Waals surface area contributed by atoms with Crippen LogP contribution in [-0.2, 0) is 7.05 Å². The van der Waals surface area contributed by atoms with Crippen molar-refractivity contribution in [3.05, 3.63) is 78.1 Å². The second-order valence-electron chi connectivity index (χ2n) is 4.84. The summed E-state index contributed by atoms with van der Waals surface area (Å²) < 4.78 is 1.89. The number of nitrogens with one attached hydrogen (secondary N) is 1. The van der Waals surface area contributed by atoms with Gasteiger partial charge in [-0.05, 0) is 11.6 Å². The zero-order valence-electron chi connectivity index (χ0n) is 12.0. The third-order valence-corrected chi connectivity index (χ3v) is 3.37. The van der Waals surface area contributed by atoms with Crippen LogP contribution in [0.5, 0.6) is 0 Å². The molecule has 6 nitrogen and oxygen atoms in total. The van der Waals surface area contributed by atoms with Crippen LogP contribution in [0.2, 0.25) is 0 Å². The number of aromatic nitrogens is 4. The normalized spacial score (nSPS) is 11.9. The Bertz CT molecular complexity index is 754. The quantitative estimate of drug-likeness (QED) is 0.795. The fourth-order valence-electron chi connectivity index (χ4n) is 2.24. The molecule has 3 aromatic rings. The van der Waals surface area contributed by atoms with Gasteiger partial charge in [0.1, 0.15) is 11.9 Å². The lowest BCUT2D eigenvalue weighted by Crippen LogP contribution is -2.31. The Labute approximate surface area is 127 Å². The molecule has 1 unspecified atom stereocenters. The highest BCUT2D eigenvalue weighted by atomic mass is 16.1. The maximum absolute atomic E-state index is 12.4. The van der Waals surface area contributed by atoms with Gasteiger partial charge in [0.15, 0.2) is 0 Å². The van der Waals surface area contributed by atoms with Crippen molar-refractivity contribution in [2.24, 2.45) is 7.05 Å².